The van der Waals surface area contributed by atoms with Crippen molar-refractivity contribution < 1.29 is 22.3 Å². The molecule has 0 bridgehead atoms. The normalized spacial score (nSPS) is 17.7. The highest BCUT2D eigenvalue weighted by molar-refractivity contribution is 7.89. The average Bonchev–Trinajstić information content (AvgIpc) is 2.70. The van der Waals surface area contributed by atoms with Gasteiger partial charge in [0.25, 0.3) is 0 Å². The molecule has 0 aliphatic carbocycles. The zero-order valence-electron chi connectivity index (χ0n) is 16.3. The second kappa shape index (κ2) is 9.37. The van der Waals surface area contributed by atoms with Crippen LogP contribution >= 0.6 is 0 Å². The largest absolute Gasteiger partial charge is 0.492 e. The summed E-state index contributed by atoms with van der Waals surface area (Å²) in [6, 6.07) is 11.5. The molecule has 29 heavy (non-hydrogen) atoms. The molecular formula is C21H25FN2O4S. The lowest BCUT2D eigenvalue weighted by atomic mass is 10.0. The van der Waals surface area contributed by atoms with Crippen molar-refractivity contribution in [2.24, 2.45) is 0 Å². The highest BCUT2D eigenvalue weighted by Gasteiger charge is 2.34. The Morgan fingerprint density at radius 1 is 1.17 bits per heavy atom. The molecule has 1 fully saturated rings. The van der Waals surface area contributed by atoms with Crippen LogP contribution in [0.15, 0.2) is 53.4 Å². The minimum atomic E-state index is -3.80. The standard InChI is InChI=1S/C21H25FN2O4S/c1-2-28-20-9-4-3-8-19(20)23-21(25)15-17-7-5-6-14-24(17)29(26,27)18-12-10-16(22)11-13-18/h3-4,8-13,17H,2,5-7,14-15H2,1H3,(H,23,25)/t17-/m0/s1. The van der Waals surface area contributed by atoms with Crippen LogP contribution in [0.1, 0.15) is 32.6 Å². The van der Waals surface area contributed by atoms with Gasteiger partial charge in [0.05, 0.1) is 17.2 Å². The van der Waals surface area contributed by atoms with Crippen LogP contribution in [0.4, 0.5) is 10.1 Å². The Bertz CT molecular complexity index is 947. The molecule has 0 unspecified atom stereocenters. The molecule has 1 aliphatic heterocycles. The molecule has 3 rings (SSSR count). The summed E-state index contributed by atoms with van der Waals surface area (Å²) >= 11 is 0. The first-order valence-corrected chi connectivity index (χ1v) is 11.1. The maximum absolute atomic E-state index is 13.2. The van der Waals surface area contributed by atoms with E-state index >= 15 is 0 Å². The van der Waals surface area contributed by atoms with Gasteiger partial charge in [-0.25, -0.2) is 12.8 Å². The molecule has 0 saturated carbocycles. The molecule has 2 aromatic carbocycles. The van der Waals surface area contributed by atoms with E-state index in [-0.39, 0.29) is 17.2 Å². The number of halogens is 1. The van der Waals surface area contributed by atoms with Gasteiger partial charge >= 0.3 is 0 Å². The number of benzene rings is 2. The third-order valence-electron chi connectivity index (χ3n) is 4.88. The number of ether oxygens (including phenoxy) is 1. The SMILES string of the molecule is CCOc1ccccc1NC(=O)C[C@@H]1CCCCN1S(=O)(=O)c1ccc(F)cc1. The minimum absolute atomic E-state index is 0.0351. The number of nitrogens with one attached hydrogen (secondary N) is 1. The fraction of sp³-hybridized carbons (Fsp3) is 0.381. The van der Waals surface area contributed by atoms with Crippen LogP contribution in [0.5, 0.6) is 5.75 Å². The Kier molecular flexibility index (Phi) is 6.87. The van der Waals surface area contributed by atoms with E-state index in [4.69, 9.17) is 4.74 Å². The number of hydrogen-bond acceptors (Lipinski definition) is 4. The van der Waals surface area contributed by atoms with Crippen molar-refractivity contribution in [2.45, 2.75) is 43.5 Å². The van der Waals surface area contributed by atoms with Gasteiger partial charge in [0.2, 0.25) is 15.9 Å². The summed E-state index contributed by atoms with van der Waals surface area (Å²) < 4.78 is 46.2. The molecule has 1 atom stereocenters. The first-order valence-electron chi connectivity index (χ1n) is 9.71. The number of piperidine rings is 1. The highest BCUT2D eigenvalue weighted by atomic mass is 32.2. The first kappa shape index (κ1) is 21.3. The summed E-state index contributed by atoms with van der Waals surface area (Å²) in [6.07, 6.45) is 2.22. The first-order chi connectivity index (χ1) is 13.9. The smallest absolute Gasteiger partial charge is 0.243 e. The van der Waals surface area contributed by atoms with Crippen LogP contribution in [0, 0.1) is 5.82 Å². The summed E-state index contributed by atoms with van der Waals surface area (Å²) in [5.74, 6) is -0.197. The molecule has 0 spiro atoms. The van der Waals surface area contributed by atoms with Gasteiger partial charge in [-0.15, -0.1) is 0 Å². The van der Waals surface area contributed by atoms with Crippen LogP contribution in [0.3, 0.4) is 0 Å². The van der Waals surface area contributed by atoms with Crippen LogP contribution < -0.4 is 10.1 Å². The van der Waals surface area contributed by atoms with Crippen molar-refractivity contribution in [3.05, 3.63) is 54.3 Å². The Morgan fingerprint density at radius 2 is 1.90 bits per heavy atom. The van der Waals surface area contributed by atoms with Crippen LogP contribution in [-0.2, 0) is 14.8 Å². The molecule has 1 aliphatic rings. The summed E-state index contributed by atoms with van der Waals surface area (Å²) in [4.78, 5) is 12.7. The molecular weight excluding hydrogens is 395 g/mol. The van der Waals surface area contributed by atoms with Crippen molar-refractivity contribution in [3.8, 4) is 5.75 Å². The molecule has 1 N–H and O–H groups in total. The van der Waals surface area contributed by atoms with Gasteiger partial charge in [-0.1, -0.05) is 18.6 Å². The zero-order chi connectivity index (χ0) is 20.9. The van der Waals surface area contributed by atoms with Crippen molar-refractivity contribution in [1.29, 1.82) is 0 Å². The van der Waals surface area contributed by atoms with E-state index in [1.165, 1.54) is 16.4 Å². The summed E-state index contributed by atoms with van der Waals surface area (Å²) in [7, 11) is -3.80. The molecule has 8 heteroatoms. The minimum Gasteiger partial charge on any atom is -0.492 e. The van der Waals surface area contributed by atoms with Crippen molar-refractivity contribution in [2.75, 3.05) is 18.5 Å². The fourth-order valence-electron chi connectivity index (χ4n) is 3.50. The molecule has 2 aromatic rings. The predicted molar refractivity (Wildman–Crippen MR) is 109 cm³/mol. The van der Waals surface area contributed by atoms with Crippen molar-refractivity contribution >= 4 is 21.6 Å². The second-order valence-electron chi connectivity index (χ2n) is 6.90. The van der Waals surface area contributed by atoms with E-state index in [2.05, 4.69) is 5.32 Å². The fourth-order valence-corrected chi connectivity index (χ4v) is 5.20. The maximum atomic E-state index is 13.2. The van der Waals surface area contributed by atoms with Crippen molar-refractivity contribution in [3.63, 3.8) is 0 Å². The maximum Gasteiger partial charge on any atom is 0.243 e. The van der Waals surface area contributed by atoms with Crippen LogP contribution in [-0.4, -0.2) is 37.8 Å². The number of carbonyl (C=O) groups excluding carboxylic acids is 1. The molecule has 6 nitrogen and oxygen atoms in total. The van der Waals surface area contributed by atoms with E-state index in [1.54, 1.807) is 18.2 Å². The molecule has 1 amide bonds. The zero-order valence-corrected chi connectivity index (χ0v) is 17.1. The predicted octanol–water partition coefficient (Wildman–Crippen LogP) is 3.80. The number of sulfonamides is 1. The van der Waals surface area contributed by atoms with E-state index in [1.807, 2.05) is 13.0 Å². The number of para-hydroxylation sites is 2. The lowest BCUT2D eigenvalue weighted by Crippen LogP contribution is -2.45. The van der Waals surface area contributed by atoms with E-state index in [9.17, 15) is 17.6 Å². The van der Waals surface area contributed by atoms with Gasteiger partial charge in [0.1, 0.15) is 11.6 Å². The Labute approximate surface area is 170 Å². The average molecular weight is 421 g/mol. The highest BCUT2D eigenvalue weighted by Crippen LogP contribution is 2.29. The van der Waals surface area contributed by atoms with Gasteiger partial charge < -0.3 is 10.1 Å². The van der Waals surface area contributed by atoms with Gasteiger partial charge in [0.15, 0.2) is 0 Å². The molecule has 1 heterocycles. The van der Waals surface area contributed by atoms with Gasteiger partial charge in [0, 0.05) is 19.0 Å². The molecule has 1 saturated heterocycles. The third kappa shape index (κ3) is 5.13. The quantitative estimate of drug-likeness (QED) is 0.739. The number of anilines is 1. The lowest BCUT2D eigenvalue weighted by Gasteiger charge is -2.34. The number of hydrogen-bond donors (Lipinski definition) is 1. The van der Waals surface area contributed by atoms with Crippen LogP contribution in [0.25, 0.3) is 0 Å². The van der Waals surface area contributed by atoms with E-state index in [0.717, 1.165) is 25.0 Å². The topological polar surface area (TPSA) is 75.7 Å². The summed E-state index contributed by atoms with van der Waals surface area (Å²) in [5, 5.41) is 2.83. The summed E-state index contributed by atoms with van der Waals surface area (Å²) in [6.45, 7) is 2.67. The lowest BCUT2D eigenvalue weighted by molar-refractivity contribution is -0.117. The monoisotopic (exact) mass is 420 g/mol. The number of nitrogens with zero attached hydrogens (tertiary/aromatic N) is 1. The van der Waals surface area contributed by atoms with Gasteiger partial charge in [-0.3, -0.25) is 4.79 Å². The number of amides is 1. The van der Waals surface area contributed by atoms with Crippen molar-refractivity contribution in [1.82, 2.24) is 4.31 Å². The third-order valence-corrected chi connectivity index (χ3v) is 6.84. The van der Waals surface area contributed by atoms with Gasteiger partial charge in [-0.05, 0) is 56.2 Å². The summed E-state index contributed by atoms with van der Waals surface area (Å²) in [5.41, 5.74) is 0.558. The van der Waals surface area contributed by atoms with E-state index < -0.39 is 21.9 Å². The Hall–Kier alpha value is -2.45. The second-order valence-corrected chi connectivity index (χ2v) is 8.79. The number of carbonyl (C=O) groups is 1. The Morgan fingerprint density at radius 3 is 2.62 bits per heavy atom. The van der Waals surface area contributed by atoms with E-state index in [0.29, 0.717) is 31.0 Å². The van der Waals surface area contributed by atoms with Gasteiger partial charge in [-0.2, -0.15) is 4.31 Å². The molecule has 156 valence electrons. The molecule has 0 aromatic heterocycles. The Balaban J connectivity index is 1.75. The van der Waals surface area contributed by atoms with Crippen LogP contribution in [0.2, 0.25) is 0 Å². The molecule has 0 radical (unpaired) electrons. The number of rotatable bonds is 7.